The van der Waals surface area contributed by atoms with Gasteiger partial charge in [0, 0.05) is 12.1 Å². The van der Waals surface area contributed by atoms with Gasteiger partial charge in [-0.05, 0) is 76.8 Å². The van der Waals surface area contributed by atoms with Crippen molar-refractivity contribution in [1.82, 2.24) is 20.3 Å². The molecule has 0 bridgehead atoms. The van der Waals surface area contributed by atoms with Gasteiger partial charge in [-0.1, -0.05) is 5.21 Å². The van der Waals surface area contributed by atoms with E-state index in [0.29, 0.717) is 11.8 Å². The van der Waals surface area contributed by atoms with Crippen LogP contribution >= 0.6 is 0 Å². The summed E-state index contributed by atoms with van der Waals surface area (Å²) in [6.07, 6.45) is 12.8. The van der Waals surface area contributed by atoms with Gasteiger partial charge in [0.05, 0.1) is 17.3 Å². The maximum absolute atomic E-state index is 4.62. The minimum Gasteiger partial charge on any atom is -0.316 e. The highest BCUT2D eigenvalue weighted by atomic mass is 15.5. The summed E-state index contributed by atoms with van der Waals surface area (Å²) >= 11 is 0. The molecule has 0 spiro atoms. The molecule has 25 heavy (non-hydrogen) atoms. The number of aliphatic imine (C=N–C) groups is 2. The monoisotopic (exact) mass is 340 g/mol. The topological polar surface area (TPSA) is 67.5 Å². The first-order valence-corrected chi connectivity index (χ1v) is 9.97. The van der Waals surface area contributed by atoms with E-state index >= 15 is 0 Å². The molecule has 0 aromatic carbocycles. The van der Waals surface area contributed by atoms with Gasteiger partial charge in [0.25, 0.3) is 0 Å². The Morgan fingerprint density at radius 2 is 1.80 bits per heavy atom. The van der Waals surface area contributed by atoms with Gasteiger partial charge in [0.15, 0.2) is 5.66 Å². The van der Waals surface area contributed by atoms with Crippen molar-refractivity contribution in [1.29, 1.82) is 0 Å². The lowest BCUT2D eigenvalue weighted by Gasteiger charge is -2.32. The van der Waals surface area contributed by atoms with E-state index in [-0.39, 0.29) is 5.66 Å². The maximum atomic E-state index is 4.62. The molecule has 4 aliphatic rings. The summed E-state index contributed by atoms with van der Waals surface area (Å²) in [6.45, 7) is 4.56. The van der Waals surface area contributed by atoms with E-state index in [1.165, 1.54) is 63.0 Å². The molecule has 1 aromatic rings. The number of aromatic nitrogens is 3. The molecule has 5 rings (SSSR count). The molecular weight excluding hydrogens is 312 g/mol. The molecule has 2 aliphatic heterocycles. The lowest BCUT2D eigenvalue weighted by atomic mass is 9.78. The Balaban J connectivity index is 1.25. The third-order valence-electron chi connectivity index (χ3n) is 6.67. The molecule has 1 N–H and O–H groups in total. The Morgan fingerprint density at radius 3 is 2.52 bits per heavy atom. The third-order valence-corrected chi connectivity index (χ3v) is 6.67. The molecule has 1 aromatic heterocycles. The van der Waals surface area contributed by atoms with Crippen molar-refractivity contribution in [2.45, 2.75) is 69.4 Å². The molecule has 3 heterocycles. The van der Waals surface area contributed by atoms with Crippen molar-refractivity contribution in [3.63, 3.8) is 0 Å². The SMILES string of the molecule is CC12N=CCC1c1c(C3CCC(CNCC4CC4)CC3)nnn1C=N2. The number of hydrogen-bond acceptors (Lipinski definition) is 5. The number of rotatable bonds is 5. The van der Waals surface area contributed by atoms with E-state index in [0.717, 1.165) is 18.3 Å². The smallest absolute Gasteiger partial charge is 0.157 e. The minimum absolute atomic E-state index is 0.306. The number of nitrogens with one attached hydrogen (secondary N) is 1. The van der Waals surface area contributed by atoms with Crippen LogP contribution in [0.3, 0.4) is 0 Å². The summed E-state index contributed by atoms with van der Waals surface area (Å²) in [7, 11) is 0. The van der Waals surface area contributed by atoms with Crippen LogP contribution in [-0.2, 0) is 0 Å². The van der Waals surface area contributed by atoms with Crippen LogP contribution in [0, 0.1) is 11.8 Å². The Labute approximate surface area is 149 Å². The molecule has 0 radical (unpaired) electrons. The summed E-state index contributed by atoms with van der Waals surface area (Å²) < 4.78 is 1.90. The van der Waals surface area contributed by atoms with E-state index in [1.54, 1.807) is 0 Å². The Bertz CT molecular complexity index is 695. The van der Waals surface area contributed by atoms with Crippen LogP contribution in [-0.4, -0.2) is 46.3 Å². The first kappa shape index (κ1) is 15.7. The van der Waals surface area contributed by atoms with Crippen molar-refractivity contribution < 1.29 is 0 Å². The van der Waals surface area contributed by atoms with Gasteiger partial charge in [-0.15, -0.1) is 5.10 Å². The summed E-state index contributed by atoms with van der Waals surface area (Å²) in [5, 5.41) is 12.6. The highest BCUT2D eigenvalue weighted by molar-refractivity contribution is 5.69. The molecule has 2 fully saturated rings. The fourth-order valence-corrected chi connectivity index (χ4v) is 4.80. The van der Waals surface area contributed by atoms with E-state index < -0.39 is 0 Å². The van der Waals surface area contributed by atoms with Crippen LogP contribution in [0.4, 0.5) is 0 Å². The predicted molar refractivity (Wildman–Crippen MR) is 98.5 cm³/mol. The standard InChI is InChI=1S/C19H28N6/c1-19-16(8-9-21-19)18-17(23-24-25(18)12-22-19)15-6-4-14(5-7-15)11-20-10-13-2-3-13/h9,12-16,20H,2-8,10-11H2,1H3. The van der Waals surface area contributed by atoms with Crippen LogP contribution < -0.4 is 5.32 Å². The third kappa shape index (κ3) is 2.84. The van der Waals surface area contributed by atoms with Gasteiger partial charge in [-0.2, -0.15) is 0 Å². The Kier molecular flexibility index (Phi) is 3.77. The molecule has 134 valence electrons. The van der Waals surface area contributed by atoms with Crippen LogP contribution in [0.25, 0.3) is 0 Å². The molecule has 6 heteroatoms. The second kappa shape index (κ2) is 6.01. The van der Waals surface area contributed by atoms with Crippen molar-refractivity contribution in [3.05, 3.63) is 11.4 Å². The molecule has 2 atom stereocenters. The van der Waals surface area contributed by atoms with Gasteiger partial charge >= 0.3 is 0 Å². The number of fused-ring (bicyclic) bond motifs is 3. The van der Waals surface area contributed by atoms with E-state index in [2.05, 4.69) is 32.5 Å². The van der Waals surface area contributed by atoms with Crippen molar-refractivity contribution in [3.8, 4) is 0 Å². The van der Waals surface area contributed by atoms with Crippen molar-refractivity contribution >= 4 is 12.6 Å². The van der Waals surface area contributed by atoms with Crippen LogP contribution in [0.15, 0.2) is 9.98 Å². The summed E-state index contributed by atoms with van der Waals surface area (Å²) in [4.78, 5) is 9.24. The highest BCUT2D eigenvalue weighted by Gasteiger charge is 2.44. The van der Waals surface area contributed by atoms with Gasteiger partial charge in [-0.3, -0.25) is 4.99 Å². The van der Waals surface area contributed by atoms with Crippen molar-refractivity contribution in [2.75, 3.05) is 13.1 Å². The highest BCUT2D eigenvalue weighted by Crippen LogP contribution is 2.45. The normalized spacial score (nSPS) is 36.4. The molecule has 0 amide bonds. The first-order valence-electron chi connectivity index (χ1n) is 9.97. The van der Waals surface area contributed by atoms with E-state index in [4.69, 9.17) is 0 Å². The van der Waals surface area contributed by atoms with Crippen LogP contribution in [0.5, 0.6) is 0 Å². The zero-order chi connectivity index (χ0) is 16.9. The Morgan fingerprint density at radius 1 is 1.08 bits per heavy atom. The molecule has 0 saturated heterocycles. The Hall–Kier alpha value is -1.56. The number of nitrogens with zero attached hydrogens (tertiary/aromatic N) is 5. The second-order valence-corrected chi connectivity index (χ2v) is 8.56. The van der Waals surface area contributed by atoms with E-state index in [1.807, 2.05) is 17.2 Å². The second-order valence-electron chi connectivity index (χ2n) is 8.56. The maximum Gasteiger partial charge on any atom is 0.157 e. The van der Waals surface area contributed by atoms with Crippen molar-refractivity contribution in [2.24, 2.45) is 21.8 Å². The summed E-state index contributed by atoms with van der Waals surface area (Å²) in [5.74, 6) is 2.67. The number of hydrogen-bond donors (Lipinski definition) is 1. The van der Waals surface area contributed by atoms with E-state index in [9.17, 15) is 0 Å². The largest absolute Gasteiger partial charge is 0.316 e. The quantitative estimate of drug-likeness (QED) is 0.896. The molecule has 2 saturated carbocycles. The summed E-state index contributed by atoms with van der Waals surface area (Å²) in [6, 6.07) is 0. The molecule has 6 nitrogen and oxygen atoms in total. The minimum atomic E-state index is -0.337. The first-order chi connectivity index (χ1) is 12.2. The average Bonchev–Trinajstić information content (AvgIpc) is 3.20. The van der Waals surface area contributed by atoms with Crippen LogP contribution in [0.2, 0.25) is 0 Å². The van der Waals surface area contributed by atoms with Crippen LogP contribution in [0.1, 0.15) is 75.1 Å². The van der Waals surface area contributed by atoms with Gasteiger partial charge in [0.2, 0.25) is 0 Å². The predicted octanol–water partition coefficient (Wildman–Crippen LogP) is 2.72. The van der Waals surface area contributed by atoms with Gasteiger partial charge < -0.3 is 5.32 Å². The molecule has 2 unspecified atom stereocenters. The zero-order valence-electron chi connectivity index (χ0n) is 15.1. The zero-order valence-corrected chi connectivity index (χ0v) is 15.1. The lowest BCUT2D eigenvalue weighted by molar-refractivity contribution is 0.307. The summed E-state index contributed by atoms with van der Waals surface area (Å²) in [5.41, 5.74) is 2.15. The fourth-order valence-electron chi connectivity index (χ4n) is 4.80. The lowest BCUT2D eigenvalue weighted by Crippen LogP contribution is -2.33. The van der Waals surface area contributed by atoms with Gasteiger partial charge in [-0.25, -0.2) is 9.67 Å². The fraction of sp³-hybridized carbons (Fsp3) is 0.789. The molecule has 2 aliphatic carbocycles. The molecular formula is C19H28N6. The van der Waals surface area contributed by atoms with Gasteiger partial charge in [0.1, 0.15) is 6.34 Å². The average molecular weight is 340 g/mol.